The summed E-state index contributed by atoms with van der Waals surface area (Å²) in [5, 5.41) is 0. The number of hydrogen-bond donors (Lipinski definition) is 0. The summed E-state index contributed by atoms with van der Waals surface area (Å²) >= 11 is 0. The van der Waals surface area contributed by atoms with E-state index in [2.05, 4.69) is 60.3 Å². The van der Waals surface area contributed by atoms with Crippen LogP contribution in [0.3, 0.4) is 0 Å². The van der Waals surface area contributed by atoms with E-state index in [4.69, 9.17) is 0 Å². The Hall–Kier alpha value is 1.14. The molecule has 0 aromatic heterocycles. The second kappa shape index (κ2) is 16.0. The zero-order valence-electron chi connectivity index (χ0n) is 14.3. The smallest absolute Gasteiger partial charge is 0.108 e. The van der Waals surface area contributed by atoms with Gasteiger partial charge < -0.3 is 0 Å². The van der Waals surface area contributed by atoms with Crippen LogP contribution in [-0.2, 0) is 21.7 Å². The molecule has 0 aliphatic heterocycles. The minimum Gasteiger partial charge on any atom is -0.108 e. The Kier molecular flexibility index (Phi) is 18.6. The molecular weight excluding hydrogens is 307 g/mol. The summed E-state index contributed by atoms with van der Waals surface area (Å²) < 4.78 is 0. The first-order valence-corrected chi connectivity index (χ1v) is 9.54. The van der Waals surface area contributed by atoms with Gasteiger partial charge in [-0.15, -0.1) is 7.92 Å². The monoisotopic (exact) mass is 338 g/mol. The Morgan fingerprint density at radius 2 is 0.905 bits per heavy atom. The van der Waals surface area contributed by atoms with Crippen LogP contribution in [0, 0.1) is 69.6 Å². The van der Waals surface area contributed by atoms with Crippen molar-refractivity contribution in [1.82, 2.24) is 0 Å². The van der Waals surface area contributed by atoms with Crippen LogP contribution in [0.25, 0.3) is 0 Å². The van der Waals surface area contributed by atoms with E-state index in [0.717, 1.165) is 0 Å². The second-order valence-electron chi connectivity index (χ2n) is 5.31. The van der Waals surface area contributed by atoms with Gasteiger partial charge in [-0.3, -0.25) is 0 Å². The van der Waals surface area contributed by atoms with E-state index in [0.29, 0.717) is 7.92 Å². The van der Waals surface area contributed by atoms with E-state index < -0.39 is 0 Å². The molecule has 0 atom stereocenters. The van der Waals surface area contributed by atoms with Gasteiger partial charge in [0.15, 0.2) is 0 Å². The third kappa shape index (κ3) is 15.8. The molecular formula is C19H31PTi+2. The average molecular weight is 338 g/mol. The van der Waals surface area contributed by atoms with Gasteiger partial charge in [0.05, 0.1) is 0 Å². The predicted molar refractivity (Wildman–Crippen MR) is 95.3 cm³/mol. The van der Waals surface area contributed by atoms with Crippen LogP contribution in [0.15, 0.2) is 0 Å². The van der Waals surface area contributed by atoms with Crippen LogP contribution in [0.5, 0.6) is 0 Å². The summed E-state index contributed by atoms with van der Waals surface area (Å²) in [5.41, 5.74) is 0.286. The summed E-state index contributed by atoms with van der Waals surface area (Å²) in [6.45, 7) is 11.2. The molecule has 0 bridgehead atoms. The van der Waals surface area contributed by atoms with Crippen LogP contribution in [-0.4, -0.2) is 18.5 Å². The fourth-order valence-electron chi connectivity index (χ4n) is 1.72. The Morgan fingerprint density at radius 3 is 1.05 bits per heavy atom. The molecule has 0 N–H and O–H groups in total. The Balaban J connectivity index is 0. The predicted octanol–water partition coefficient (Wildman–Crippen LogP) is 5.59. The molecule has 2 aliphatic carbocycles. The van der Waals surface area contributed by atoms with Crippen LogP contribution in [0.4, 0.5) is 0 Å². The van der Waals surface area contributed by atoms with E-state index in [-0.39, 0.29) is 27.1 Å². The maximum absolute atomic E-state index is 2.29. The van der Waals surface area contributed by atoms with E-state index in [1.165, 1.54) is 18.5 Å². The molecule has 2 saturated carbocycles. The van der Waals surface area contributed by atoms with Crippen molar-refractivity contribution in [3.05, 3.63) is 64.2 Å². The van der Waals surface area contributed by atoms with Gasteiger partial charge in [0, 0.05) is 0 Å². The fraction of sp³-hybridized carbons (Fsp3) is 0.474. The minimum absolute atomic E-state index is 0. The maximum Gasteiger partial charge on any atom is 2.00 e. The second-order valence-corrected chi connectivity index (χ2v) is 8.55. The molecule has 0 spiro atoms. The molecule has 21 heavy (non-hydrogen) atoms. The molecule has 0 amide bonds. The SMILES string of the molecule is CC1(C)[CH][CH][CH][CH][CH]1.CCP(CC)CC.[CH]1[CH][CH][CH][CH]1.[Ti+2]. The van der Waals surface area contributed by atoms with Crippen molar-refractivity contribution in [2.75, 3.05) is 18.5 Å². The van der Waals surface area contributed by atoms with Gasteiger partial charge >= 0.3 is 21.7 Å². The molecule has 0 aromatic rings. The average Bonchev–Trinajstić information content (AvgIpc) is 3.00. The summed E-state index contributed by atoms with van der Waals surface area (Å²) in [6, 6.07) is 0. The third-order valence-electron chi connectivity index (χ3n) is 3.17. The molecule has 10 radical (unpaired) electrons. The Bertz CT molecular complexity index is 175. The summed E-state index contributed by atoms with van der Waals surface area (Å²) in [6.07, 6.45) is 24.8. The van der Waals surface area contributed by atoms with Gasteiger partial charge in [-0.05, 0) is 88.1 Å². The molecule has 2 aliphatic rings. The van der Waals surface area contributed by atoms with Crippen molar-refractivity contribution < 1.29 is 21.7 Å². The largest absolute Gasteiger partial charge is 2.00 e. The van der Waals surface area contributed by atoms with Gasteiger partial charge in [0.2, 0.25) is 0 Å². The zero-order valence-corrected chi connectivity index (χ0v) is 16.8. The molecule has 2 heteroatoms. The first-order chi connectivity index (χ1) is 9.55. The van der Waals surface area contributed by atoms with Gasteiger partial charge in [-0.1, -0.05) is 34.6 Å². The fourth-order valence-corrected chi connectivity index (χ4v) is 3.06. The number of rotatable bonds is 3. The number of hydrogen-bond acceptors (Lipinski definition) is 0. The van der Waals surface area contributed by atoms with Crippen LogP contribution < -0.4 is 0 Å². The first kappa shape index (κ1) is 24.4. The van der Waals surface area contributed by atoms with Crippen molar-refractivity contribution in [2.24, 2.45) is 5.41 Å². The summed E-state index contributed by atoms with van der Waals surface area (Å²) in [5.74, 6) is 0. The van der Waals surface area contributed by atoms with E-state index in [9.17, 15) is 0 Å². The van der Waals surface area contributed by atoms with Crippen molar-refractivity contribution in [1.29, 1.82) is 0 Å². The first-order valence-electron chi connectivity index (χ1n) is 7.65. The minimum atomic E-state index is 0. The molecule has 0 unspecified atom stereocenters. The van der Waals surface area contributed by atoms with Crippen LogP contribution in [0.2, 0.25) is 0 Å². The van der Waals surface area contributed by atoms with Gasteiger partial charge in [-0.2, -0.15) is 0 Å². The topological polar surface area (TPSA) is 0 Å². The molecule has 0 aromatic carbocycles. The van der Waals surface area contributed by atoms with E-state index >= 15 is 0 Å². The Labute approximate surface area is 152 Å². The van der Waals surface area contributed by atoms with Crippen molar-refractivity contribution in [3.63, 3.8) is 0 Å². The van der Waals surface area contributed by atoms with Gasteiger partial charge in [0.25, 0.3) is 0 Å². The molecule has 0 saturated heterocycles. The Morgan fingerprint density at radius 1 is 0.619 bits per heavy atom. The third-order valence-corrected chi connectivity index (χ3v) is 5.85. The van der Waals surface area contributed by atoms with Crippen molar-refractivity contribution in [2.45, 2.75) is 34.6 Å². The van der Waals surface area contributed by atoms with Gasteiger partial charge in [-0.25, -0.2) is 0 Å². The molecule has 0 heterocycles. The van der Waals surface area contributed by atoms with E-state index in [1.807, 2.05) is 38.5 Å². The standard InChI is InChI=1S/C8H11.C6H15P.C5H5.Ti/c1-8(2)6-4-3-5-7-8;1-4-7(5-2)6-3;1-2-4-5-3-1;/h3-7H,1-2H3;4-6H2,1-3H3;1-5H;/q;;;+2. The van der Waals surface area contributed by atoms with Crippen LogP contribution >= 0.6 is 7.92 Å². The molecule has 0 nitrogen and oxygen atoms in total. The normalized spacial score (nSPS) is 19.7. The zero-order chi connectivity index (χ0) is 15.3. The quantitative estimate of drug-likeness (QED) is 0.464. The van der Waals surface area contributed by atoms with Crippen LogP contribution in [0.1, 0.15) is 34.6 Å². The van der Waals surface area contributed by atoms with Crippen molar-refractivity contribution in [3.8, 4) is 0 Å². The van der Waals surface area contributed by atoms with E-state index in [1.54, 1.807) is 0 Å². The maximum atomic E-state index is 2.29. The molecule has 2 fully saturated rings. The summed E-state index contributed by atoms with van der Waals surface area (Å²) in [7, 11) is 0.446. The van der Waals surface area contributed by atoms with Crippen molar-refractivity contribution >= 4 is 7.92 Å². The molecule has 2 rings (SSSR count). The summed E-state index contributed by atoms with van der Waals surface area (Å²) in [4.78, 5) is 0. The molecule has 114 valence electrons. The van der Waals surface area contributed by atoms with Gasteiger partial charge in [0.1, 0.15) is 0 Å².